The van der Waals surface area contributed by atoms with E-state index in [0.717, 1.165) is 16.8 Å². The highest BCUT2D eigenvalue weighted by Crippen LogP contribution is 2.22. The minimum Gasteiger partial charge on any atom is -0.481 e. The van der Waals surface area contributed by atoms with Crippen LogP contribution in [0.1, 0.15) is 19.8 Å². The summed E-state index contributed by atoms with van der Waals surface area (Å²) in [6, 6.07) is 3.68. The van der Waals surface area contributed by atoms with E-state index in [2.05, 4.69) is 10.3 Å². The van der Waals surface area contributed by atoms with Crippen LogP contribution < -0.4 is 5.32 Å². The van der Waals surface area contributed by atoms with Crippen LogP contribution >= 0.6 is 0 Å². The van der Waals surface area contributed by atoms with Gasteiger partial charge in [-0.1, -0.05) is 6.92 Å². The summed E-state index contributed by atoms with van der Waals surface area (Å²) in [5, 5.41) is 12.8. The molecule has 0 aliphatic carbocycles. The van der Waals surface area contributed by atoms with E-state index in [1.807, 2.05) is 19.1 Å². The summed E-state index contributed by atoms with van der Waals surface area (Å²) >= 11 is 0. The number of fused-ring (bicyclic) bond motifs is 1. The molecule has 0 aliphatic heterocycles. The van der Waals surface area contributed by atoms with Crippen LogP contribution in [0, 0.1) is 5.92 Å². The first kappa shape index (κ1) is 12.4. The van der Waals surface area contributed by atoms with Gasteiger partial charge in [-0.05, 0) is 24.5 Å². The van der Waals surface area contributed by atoms with E-state index >= 15 is 0 Å². The topological polar surface area (TPSA) is 75.4 Å². The molecular formula is C13H16N2O3. The molecular weight excluding hydrogens is 232 g/mol. The Hall–Kier alpha value is -2.04. The van der Waals surface area contributed by atoms with Crippen LogP contribution in [0.15, 0.2) is 29.0 Å². The second-order valence-electron chi connectivity index (χ2n) is 4.41. The molecule has 5 heteroatoms. The van der Waals surface area contributed by atoms with Gasteiger partial charge in [0.25, 0.3) is 0 Å². The molecule has 0 bridgehead atoms. The van der Waals surface area contributed by atoms with Crippen molar-refractivity contribution in [3.63, 3.8) is 0 Å². The van der Waals surface area contributed by atoms with Gasteiger partial charge in [0, 0.05) is 19.2 Å². The number of hydrogen-bond donors (Lipinski definition) is 2. The van der Waals surface area contributed by atoms with Crippen LogP contribution in [-0.2, 0) is 4.79 Å². The molecule has 0 aromatic carbocycles. The molecule has 96 valence electrons. The Labute approximate surface area is 105 Å². The molecule has 0 aliphatic rings. The third-order valence-corrected chi connectivity index (χ3v) is 2.85. The summed E-state index contributed by atoms with van der Waals surface area (Å²) in [5.74, 6) is 0.311. The maximum Gasteiger partial charge on any atom is 0.303 e. The van der Waals surface area contributed by atoms with Crippen LogP contribution in [0.5, 0.6) is 0 Å². The van der Waals surface area contributed by atoms with E-state index in [1.54, 1.807) is 12.5 Å². The molecule has 0 spiro atoms. The molecule has 0 amide bonds. The maximum atomic E-state index is 10.5. The van der Waals surface area contributed by atoms with Gasteiger partial charge in [-0.3, -0.25) is 4.79 Å². The summed E-state index contributed by atoms with van der Waals surface area (Å²) < 4.78 is 5.29. The highest BCUT2D eigenvalue weighted by Gasteiger charge is 2.08. The van der Waals surface area contributed by atoms with Crippen LogP contribution in [0.25, 0.3) is 11.0 Å². The molecule has 2 N–H and O–H groups in total. The van der Waals surface area contributed by atoms with E-state index in [-0.39, 0.29) is 12.3 Å². The van der Waals surface area contributed by atoms with Gasteiger partial charge in [0.15, 0.2) is 0 Å². The van der Waals surface area contributed by atoms with Crippen molar-refractivity contribution in [1.29, 1.82) is 0 Å². The number of nitrogens with zero attached hydrogens (tertiary/aromatic N) is 1. The van der Waals surface area contributed by atoms with Crippen molar-refractivity contribution in [3.8, 4) is 0 Å². The van der Waals surface area contributed by atoms with Gasteiger partial charge >= 0.3 is 5.97 Å². The van der Waals surface area contributed by atoms with Gasteiger partial charge in [-0.2, -0.15) is 0 Å². The first-order chi connectivity index (χ1) is 8.66. The Morgan fingerprint density at radius 2 is 2.39 bits per heavy atom. The number of rotatable bonds is 6. The van der Waals surface area contributed by atoms with Gasteiger partial charge in [-0.25, -0.2) is 4.98 Å². The van der Waals surface area contributed by atoms with E-state index in [4.69, 9.17) is 9.52 Å². The predicted octanol–water partition coefficient (Wildman–Crippen LogP) is 2.74. The van der Waals surface area contributed by atoms with Gasteiger partial charge in [0.1, 0.15) is 11.4 Å². The minimum atomic E-state index is -0.753. The number of carboxylic acids is 1. The summed E-state index contributed by atoms with van der Waals surface area (Å²) in [5.41, 5.74) is 0.797. The van der Waals surface area contributed by atoms with Crippen LogP contribution in [0.3, 0.4) is 0 Å². The monoisotopic (exact) mass is 248 g/mol. The first-order valence-corrected chi connectivity index (χ1v) is 5.94. The Balaban J connectivity index is 1.93. The fourth-order valence-corrected chi connectivity index (χ4v) is 1.78. The lowest BCUT2D eigenvalue weighted by Gasteiger charge is -2.12. The van der Waals surface area contributed by atoms with Gasteiger partial charge in [-0.15, -0.1) is 0 Å². The summed E-state index contributed by atoms with van der Waals surface area (Å²) in [6.07, 6.45) is 4.18. The Kier molecular flexibility index (Phi) is 3.82. The summed E-state index contributed by atoms with van der Waals surface area (Å²) in [7, 11) is 0. The van der Waals surface area contributed by atoms with Crippen molar-refractivity contribution in [3.05, 3.63) is 24.6 Å². The Morgan fingerprint density at radius 1 is 1.56 bits per heavy atom. The standard InChI is InChI=1S/C13H16N2O3/c1-9(2-3-12(16)17)8-15-13-10-5-7-18-11(10)4-6-14-13/h4-7,9H,2-3,8H2,1H3,(H,14,15)(H,16,17). The van der Waals surface area contributed by atoms with Crippen LogP contribution in [-0.4, -0.2) is 22.6 Å². The molecule has 0 radical (unpaired) electrons. The third kappa shape index (κ3) is 3.00. The van der Waals surface area contributed by atoms with Crippen molar-refractivity contribution < 1.29 is 14.3 Å². The second kappa shape index (κ2) is 5.53. The molecule has 5 nitrogen and oxygen atoms in total. The lowest BCUT2D eigenvalue weighted by atomic mass is 10.1. The average molecular weight is 248 g/mol. The highest BCUT2D eigenvalue weighted by molar-refractivity contribution is 5.87. The van der Waals surface area contributed by atoms with E-state index in [0.29, 0.717) is 13.0 Å². The quantitative estimate of drug-likeness (QED) is 0.822. The van der Waals surface area contributed by atoms with Crippen molar-refractivity contribution in [1.82, 2.24) is 4.98 Å². The van der Waals surface area contributed by atoms with E-state index in [1.165, 1.54) is 0 Å². The number of pyridine rings is 1. The Bertz CT molecular complexity index is 536. The third-order valence-electron chi connectivity index (χ3n) is 2.85. The molecule has 2 rings (SSSR count). The smallest absolute Gasteiger partial charge is 0.303 e. The first-order valence-electron chi connectivity index (χ1n) is 5.94. The fraction of sp³-hybridized carbons (Fsp3) is 0.385. The molecule has 2 aromatic heterocycles. The fourth-order valence-electron chi connectivity index (χ4n) is 1.78. The summed E-state index contributed by atoms with van der Waals surface area (Å²) in [4.78, 5) is 14.7. The maximum absolute atomic E-state index is 10.5. The normalized spacial score (nSPS) is 12.5. The number of carbonyl (C=O) groups is 1. The molecule has 0 saturated heterocycles. The summed E-state index contributed by atoms with van der Waals surface area (Å²) in [6.45, 7) is 2.72. The van der Waals surface area contributed by atoms with Gasteiger partial charge < -0.3 is 14.8 Å². The number of hydrogen-bond acceptors (Lipinski definition) is 4. The van der Waals surface area contributed by atoms with Crippen molar-refractivity contribution >= 4 is 22.8 Å². The zero-order chi connectivity index (χ0) is 13.0. The van der Waals surface area contributed by atoms with Crippen LogP contribution in [0.2, 0.25) is 0 Å². The molecule has 1 unspecified atom stereocenters. The van der Waals surface area contributed by atoms with Gasteiger partial charge in [0.2, 0.25) is 0 Å². The Morgan fingerprint density at radius 3 is 3.17 bits per heavy atom. The number of aromatic nitrogens is 1. The van der Waals surface area contributed by atoms with Crippen LogP contribution in [0.4, 0.5) is 5.82 Å². The predicted molar refractivity (Wildman–Crippen MR) is 68.5 cm³/mol. The number of furan rings is 1. The van der Waals surface area contributed by atoms with Crippen molar-refractivity contribution in [2.75, 3.05) is 11.9 Å². The largest absolute Gasteiger partial charge is 0.481 e. The van der Waals surface area contributed by atoms with Crippen molar-refractivity contribution in [2.45, 2.75) is 19.8 Å². The molecule has 2 aromatic rings. The highest BCUT2D eigenvalue weighted by atomic mass is 16.4. The number of aliphatic carboxylic acids is 1. The molecule has 0 saturated carbocycles. The minimum absolute atomic E-state index is 0.201. The molecule has 18 heavy (non-hydrogen) atoms. The lowest BCUT2D eigenvalue weighted by Crippen LogP contribution is -2.13. The zero-order valence-corrected chi connectivity index (χ0v) is 10.2. The average Bonchev–Trinajstić information content (AvgIpc) is 2.82. The second-order valence-corrected chi connectivity index (χ2v) is 4.41. The zero-order valence-electron chi connectivity index (χ0n) is 10.2. The van der Waals surface area contributed by atoms with E-state index < -0.39 is 5.97 Å². The van der Waals surface area contributed by atoms with Crippen molar-refractivity contribution in [2.24, 2.45) is 5.92 Å². The number of anilines is 1. The molecule has 1 atom stereocenters. The SMILES string of the molecule is CC(CCC(=O)O)CNc1nccc2occc12. The number of carboxylic acid groups (broad SMARTS) is 1. The molecule has 0 fully saturated rings. The lowest BCUT2D eigenvalue weighted by molar-refractivity contribution is -0.137. The van der Waals surface area contributed by atoms with Gasteiger partial charge in [0.05, 0.1) is 11.6 Å². The van der Waals surface area contributed by atoms with E-state index in [9.17, 15) is 4.79 Å². The molecule has 2 heterocycles. The number of nitrogens with one attached hydrogen (secondary N) is 1.